The van der Waals surface area contributed by atoms with Crippen molar-refractivity contribution in [2.75, 3.05) is 32.7 Å². The second-order valence-electron chi connectivity index (χ2n) is 9.12. The number of nitrogens with zero attached hydrogens (tertiary/aromatic N) is 4. The molecule has 0 radical (unpaired) electrons. The van der Waals surface area contributed by atoms with Crippen molar-refractivity contribution in [1.82, 2.24) is 19.8 Å². The molecular formula is C26H33N5O3S2. The summed E-state index contributed by atoms with van der Waals surface area (Å²) in [5.41, 5.74) is 2.94. The maximum atomic E-state index is 12.8. The van der Waals surface area contributed by atoms with Gasteiger partial charge in [-0.1, -0.05) is 6.92 Å². The number of likely N-dealkylation sites (N-methyl/N-ethyl adjacent to an activating group) is 1. The van der Waals surface area contributed by atoms with Crippen molar-refractivity contribution >= 4 is 32.8 Å². The molecule has 4 rings (SSSR count). The van der Waals surface area contributed by atoms with Gasteiger partial charge >= 0.3 is 0 Å². The van der Waals surface area contributed by atoms with E-state index in [2.05, 4.69) is 22.7 Å². The molecule has 192 valence electrons. The fourth-order valence-electron chi connectivity index (χ4n) is 4.07. The zero-order valence-corrected chi connectivity index (χ0v) is 22.6. The Morgan fingerprint density at radius 1 is 1.22 bits per heavy atom. The Hall–Kier alpha value is -2.79. The van der Waals surface area contributed by atoms with Gasteiger partial charge < -0.3 is 14.5 Å². The molecular weight excluding hydrogens is 494 g/mol. The molecule has 1 aliphatic rings. The summed E-state index contributed by atoms with van der Waals surface area (Å²) in [7, 11) is -2.84. The highest BCUT2D eigenvalue weighted by Gasteiger charge is 2.22. The van der Waals surface area contributed by atoms with Crippen molar-refractivity contribution in [2.45, 2.75) is 38.2 Å². The summed E-state index contributed by atoms with van der Waals surface area (Å²) in [5, 5.41) is 8.61. The minimum absolute atomic E-state index is 0.00810. The Bertz CT molecular complexity index is 1310. The number of piperazine rings is 1. The average molecular weight is 528 g/mol. The standard InChI is InChI=1S/C26H33N5O3S2/c1-5-30-10-12-31(13-11-30)26(32)22-8-6-19(16-28-22)23-17-35-25(29-23)15-20-14-21(36(4,27)33)7-9-24(20)34-18(2)3/h6-9,14,16-18H,4-5,10-13,15H2,1-3H3,(H2,27,33). The lowest BCUT2D eigenvalue weighted by Crippen LogP contribution is -2.48. The number of rotatable bonds is 8. The SMILES string of the molecule is C=S(N)(=O)c1ccc(OC(C)C)c(Cc2nc(-c3ccc(C(=O)N4CCN(CC)CC4)nc3)cs2)c1. The van der Waals surface area contributed by atoms with E-state index < -0.39 is 9.71 Å². The summed E-state index contributed by atoms with van der Waals surface area (Å²) in [6.45, 7) is 10.3. The monoisotopic (exact) mass is 527 g/mol. The van der Waals surface area contributed by atoms with Crippen LogP contribution in [0.5, 0.6) is 5.75 Å². The Morgan fingerprint density at radius 3 is 2.58 bits per heavy atom. The molecule has 36 heavy (non-hydrogen) atoms. The van der Waals surface area contributed by atoms with Gasteiger partial charge in [0.15, 0.2) is 0 Å². The molecule has 0 bridgehead atoms. The number of ether oxygens (including phenoxy) is 1. The Morgan fingerprint density at radius 2 is 1.97 bits per heavy atom. The molecule has 2 aromatic heterocycles. The molecule has 1 unspecified atom stereocenters. The lowest BCUT2D eigenvalue weighted by Gasteiger charge is -2.33. The minimum atomic E-state index is -2.84. The molecule has 1 saturated heterocycles. The highest BCUT2D eigenvalue weighted by molar-refractivity contribution is 7.98. The third-order valence-corrected chi connectivity index (χ3v) is 7.97. The summed E-state index contributed by atoms with van der Waals surface area (Å²) < 4.78 is 18.2. The summed E-state index contributed by atoms with van der Waals surface area (Å²) in [4.78, 5) is 26.7. The molecule has 0 saturated carbocycles. The molecule has 1 amide bonds. The van der Waals surface area contributed by atoms with Crippen LogP contribution in [0.2, 0.25) is 0 Å². The van der Waals surface area contributed by atoms with Crippen LogP contribution in [0.4, 0.5) is 0 Å². The average Bonchev–Trinajstić information content (AvgIpc) is 3.32. The highest BCUT2D eigenvalue weighted by Crippen LogP contribution is 2.29. The fourth-order valence-corrected chi connectivity index (χ4v) is 5.53. The van der Waals surface area contributed by atoms with Gasteiger partial charge in [-0.15, -0.1) is 11.3 Å². The Kier molecular flexibility index (Phi) is 8.09. The van der Waals surface area contributed by atoms with Gasteiger partial charge in [0, 0.05) is 60.2 Å². The molecule has 1 aromatic carbocycles. The lowest BCUT2D eigenvalue weighted by molar-refractivity contribution is 0.0637. The van der Waals surface area contributed by atoms with Crippen LogP contribution in [0.25, 0.3) is 11.3 Å². The van der Waals surface area contributed by atoms with Crippen molar-refractivity contribution < 1.29 is 13.7 Å². The predicted octanol–water partition coefficient (Wildman–Crippen LogP) is 3.31. The van der Waals surface area contributed by atoms with Crippen LogP contribution in [0.15, 0.2) is 46.8 Å². The molecule has 1 fully saturated rings. The quantitative estimate of drug-likeness (QED) is 0.451. The van der Waals surface area contributed by atoms with Crippen molar-refractivity contribution in [3.8, 4) is 17.0 Å². The smallest absolute Gasteiger partial charge is 0.272 e. The van der Waals surface area contributed by atoms with Gasteiger partial charge in [-0.05, 0) is 56.6 Å². The molecule has 1 aliphatic heterocycles. The normalized spacial score (nSPS) is 16.2. The van der Waals surface area contributed by atoms with Crippen LogP contribution in [-0.4, -0.2) is 74.6 Å². The van der Waals surface area contributed by atoms with Crippen LogP contribution in [0, 0.1) is 0 Å². The number of pyridine rings is 1. The largest absolute Gasteiger partial charge is 0.491 e. The first kappa shape index (κ1) is 26.3. The fraction of sp³-hybridized carbons (Fsp3) is 0.385. The number of thiazole rings is 1. The third kappa shape index (κ3) is 6.31. The second-order valence-corrected chi connectivity index (χ2v) is 12.0. The lowest BCUT2D eigenvalue weighted by atomic mass is 10.1. The first-order chi connectivity index (χ1) is 17.1. The number of aromatic nitrogens is 2. The van der Waals surface area contributed by atoms with E-state index in [4.69, 9.17) is 14.9 Å². The van der Waals surface area contributed by atoms with Gasteiger partial charge in [-0.3, -0.25) is 14.9 Å². The number of carbonyl (C=O) groups excluding carboxylic acids is 1. The second kappa shape index (κ2) is 11.1. The van der Waals surface area contributed by atoms with Gasteiger partial charge in [0.2, 0.25) is 0 Å². The van der Waals surface area contributed by atoms with E-state index in [-0.39, 0.29) is 12.0 Å². The Labute approximate surface area is 217 Å². The van der Waals surface area contributed by atoms with Crippen molar-refractivity contribution in [3.05, 3.63) is 58.2 Å². The summed E-state index contributed by atoms with van der Waals surface area (Å²) in [6.07, 6.45) is 2.20. The molecule has 8 nitrogen and oxygen atoms in total. The molecule has 0 spiro atoms. The number of hydrogen-bond donors (Lipinski definition) is 1. The van der Waals surface area contributed by atoms with Crippen molar-refractivity contribution in [3.63, 3.8) is 0 Å². The van der Waals surface area contributed by atoms with Crippen LogP contribution in [0.3, 0.4) is 0 Å². The highest BCUT2D eigenvalue weighted by atomic mass is 32.2. The molecule has 3 heterocycles. The van der Waals surface area contributed by atoms with Gasteiger partial charge in [0.1, 0.15) is 11.4 Å². The van der Waals surface area contributed by atoms with Crippen LogP contribution in [-0.2, 0) is 16.1 Å². The van der Waals surface area contributed by atoms with Crippen LogP contribution >= 0.6 is 11.3 Å². The van der Waals surface area contributed by atoms with E-state index in [1.54, 1.807) is 30.5 Å². The van der Waals surface area contributed by atoms with Crippen LogP contribution < -0.4 is 9.88 Å². The zero-order chi connectivity index (χ0) is 25.9. The van der Waals surface area contributed by atoms with E-state index in [9.17, 15) is 9.00 Å². The minimum Gasteiger partial charge on any atom is -0.491 e. The summed E-state index contributed by atoms with van der Waals surface area (Å²) in [5.74, 6) is 4.27. The molecule has 0 aliphatic carbocycles. The van der Waals surface area contributed by atoms with Gasteiger partial charge in [0.25, 0.3) is 5.91 Å². The van der Waals surface area contributed by atoms with E-state index >= 15 is 0 Å². The first-order valence-corrected chi connectivity index (χ1v) is 14.7. The number of nitrogens with two attached hydrogens (primary N) is 1. The summed E-state index contributed by atoms with van der Waals surface area (Å²) in [6, 6.07) is 8.94. The van der Waals surface area contributed by atoms with Crippen molar-refractivity contribution in [2.24, 2.45) is 5.14 Å². The Balaban J connectivity index is 1.49. The van der Waals surface area contributed by atoms with E-state index in [0.29, 0.717) is 22.8 Å². The molecule has 1 atom stereocenters. The topological polar surface area (TPSA) is 102 Å². The number of amides is 1. The van der Waals surface area contributed by atoms with Gasteiger partial charge in [0.05, 0.1) is 26.5 Å². The number of hydrogen-bond acceptors (Lipinski definition) is 7. The third-order valence-electron chi connectivity index (χ3n) is 6.07. The molecule has 3 aromatic rings. The zero-order valence-electron chi connectivity index (χ0n) is 21.0. The van der Waals surface area contributed by atoms with E-state index in [1.165, 1.54) is 11.3 Å². The maximum absolute atomic E-state index is 12.8. The van der Waals surface area contributed by atoms with E-state index in [1.807, 2.05) is 30.2 Å². The molecule has 10 heteroatoms. The first-order valence-electron chi connectivity index (χ1n) is 12.0. The maximum Gasteiger partial charge on any atom is 0.272 e. The molecule has 2 N–H and O–H groups in total. The number of benzene rings is 1. The van der Waals surface area contributed by atoms with E-state index in [0.717, 1.165) is 54.6 Å². The summed E-state index contributed by atoms with van der Waals surface area (Å²) >= 11 is 1.52. The van der Waals surface area contributed by atoms with Gasteiger partial charge in [-0.2, -0.15) is 0 Å². The van der Waals surface area contributed by atoms with Gasteiger partial charge in [-0.25, -0.2) is 9.19 Å². The number of carbonyl (C=O) groups is 1. The van der Waals surface area contributed by atoms with Crippen molar-refractivity contribution in [1.29, 1.82) is 0 Å². The predicted molar refractivity (Wildman–Crippen MR) is 146 cm³/mol. The van der Waals surface area contributed by atoms with Crippen LogP contribution in [0.1, 0.15) is 41.8 Å².